The molecule has 0 heterocycles. The summed E-state index contributed by atoms with van der Waals surface area (Å²) in [6.45, 7) is 0. The Kier molecular flexibility index (Phi) is 7.82. The van der Waals surface area contributed by atoms with Gasteiger partial charge in [0, 0.05) is 6.42 Å². The molecule has 0 rings (SSSR count). The van der Waals surface area contributed by atoms with Gasteiger partial charge in [0.05, 0.1) is 5.75 Å². The van der Waals surface area contributed by atoms with Crippen LogP contribution in [0.15, 0.2) is 0 Å². The molecular weight excluding hydrogens is 224 g/mol. The minimum absolute atomic E-state index is 0. The first-order valence-electron chi connectivity index (χ1n) is 2.73. The summed E-state index contributed by atoms with van der Waals surface area (Å²) in [6, 6.07) is 0. The van der Waals surface area contributed by atoms with E-state index in [1.165, 1.54) is 0 Å². The topological polar surface area (TPSA) is 54.4 Å². The van der Waals surface area contributed by atoms with Crippen molar-refractivity contribution in [1.82, 2.24) is 0 Å². The predicted molar refractivity (Wildman–Crippen MR) is 32.8 cm³/mol. The molecule has 0 saturated heterocycles. The van der Waals surface area contributed by atoms with Crippen LogP contribution < -0.4 is 51.4 Å². The van der Waals surface area contributed by atoms with Crippen molar-refractivity contribution in [1.29, 1.82) is 0 Å². The van der Waals surface area contributed by atoms with Crippen LogP contribution in [-0.4, -0.2) is 24.9 Å². The molecule has 0 aliphatic carbocycles. The van der Waals surface area contributed by atoms with Crippen LogP contribution in [0.2, 0.25) is 0 Å². The zero-order chi connectivity index (χ0) is 9.12. The Balaban J connectivity index is -0.000000500. The van der Waals surface area contributed by atoms with Crippen molar-refractivity contribution in [3.63, 3.8) is 0 Å². The predicted octanol–water partition coefficient (Wildman–Crippen LogP) is -1.67. The zero-order valence-corrected chi connectivity index (χ0v) is 10.4. The molecule has 0 unspecified atom stereocenters. The average molecular weight is 232 g/mol. The molecule has 0 radical (unpaired) electrons. The van der Waals surface area contributed by atoms with Crippen molar-refractivity contribution in [3.05, 3.63) is 0 Å². The summed E-state index contributed by atoms with van der Waals surface area (Å²) >= 11 is 0. The Morgan fingerprint density at radius 2 is 1.75 bits per heavy atom. The molecule has 1 N–H and O–H groups in total. The summed E-state index contributed by atoms with van der Waals surface area (Å²) in [5.74, 6) is -0.841. The summed E-state index contributed by atoms with van der Waals surface area (Å²) in [5.41, 5.74) is 0. The van der Waals surface area contributed by atoms with E-state index in [2.05, 4.69) is 0 Å². The molecule has 3 nitrogen and oxygen atoms in total. The molecule has 0 aliphatic heterocycles. The van der Waals surface area contributed by atoms with Crippen LogP contribution in [0.1, 0.15) is 14.3 Å². The third-order valence-electron chi connectivity index (χ3n) is 0.863. The zero-order valence-electron chi connectivity index (χ0n) is 7.43. The molecule has 0 spiro atoms. The van der Waals surface area contributed by atoms with Gasteiger partial charge in [-0.3, -0.25) is 4.55 Å². The van der Waals surface area contributed by atoms with Crippen LogP contribution in [0.3, 0.4) is 0 Å². The van der Waals surface area contributed by atoms with E-state index in [1.54, 1.807) is 0 Å². The van der Waals surface area contributed by atoms with Crippen molar-refractivity contribution >= 4 is 10.1 Å². The maximum Gasteiger partial charge on any atom is 1.00 e. The molecule has 0 fully saturated rings. The maximum atomic E-state index is 11.4. The molecule has 0 aromatic heterocycles. The van der Waals surface area contributed by atoms with E-state index in [1.807, 2.05) is 0 Å². The van der Waals surface area contributed by atoms with E-state index >= 15 is 0 Å². The van der Waals surface area contributed by atoms with Gasteiger partial charge in [-0.05, 0) is 6.42 Å². The second-order valence-electron chi connectivity index (χ2n) is 2.00. The monoisotopic (exact) mass is 232 g/mol. The normalized spacial score (nSPS) is 12.3. The van der Waals surface area contributed by atoms with Gasteiger partial charge in [0.25, 0.3) is 10.1 Å². The first-order valence-corrected chi connectivity index (χ1v) is 4.33. The van der Waals surface area contributed by atoms with E-state index < -0.39 is 34.9 Å². The number of rotatable bonds is 3. The first-order chi connectivity index (χ1) is 4.71. The second-order valence-corrected chi connectivity index (χ2v) is 3.58. The van der Waals surface area contributed by atoms with Crippen LogP contribution >= 0.6 is 0 Å². The number of alkyl halides is 3. The smallest absolute Gasteiger partial charge is 1.00 e. The van der Waals surface area contributed by atoms with Gasteiger partial charge in [-0.25, -0.2) is 0 Å². The van der Waals surface area contributed by atoms with Gasteiger partial charge >= 0.3 is 57.6 Å². The first kappa shape index (κ1) is 15.8. The third-order valence-corrected chi connectivity index (χ3v) is 1.67. The molecule has 0 bridgehead atoms. The summed E-state index contributed by atoms with van der Waals surface area (Å²) in [7, 11) is -4.25. The summed E-state index contributed by atoms with van der Waals surface area (Å²) in [5, 5.41) is 0. The quantitative estimate of drug-likeness (QED) is 0.468. The minimum atomic E-state index is -4.36. The average Bonchev–Trinajstić information content (AvgIpc) is 1.55. The number of hydrogen-bond donors (Lipinski definition) is 1. The van der Waals surface area contributed by atoms with Gasteiger partial charge in [0.2, 0.25) is 0 Å². The minimum Gasteiger partial charge on any atom is -1.00 e. The van der Waals surface area contributed by atoms with Gasteiger partial charge in [-0.15, -0.1) is 0 Å². The van der Waals surface area contributed by atoms with E-state index in [9.17, 15) is 21.6 Å². The molecule has 8 heteroatoms. The molecule has 0 aromatic rings. The van der Waals surface area contributed by atoms with E-state index in [0.29, 0.717) is 0 Å². The number of halogens is 3. The van der Waals surface area contributed by atoms with Gasteiger partial charge < -0.3 is 1.43 Å². The SMILES string of the molecule is O=S(=O)(O)CCCC(F)(F)F.[H-].[K+]. The molecule has 0 atom stereocenters. The van der Waals surface area contributed by atoms with Gasteiger partial charge in [0.1, 0.15) is 0 Å². The van der Waals surface area contributed by atoms with E-state index in [-0.39, 0.29) is 52.8 Å². The molecule has 0 saturated carbocycles. The van der Waals surface area contributed by atoms with E-state index in [4.69, 9.17) is 4.55 Å². The van der Waals surface area contributed by atoms with Crippen molar-refractivity contribution in [2.24, 2.45) is 0 Å². The molecule has 0 amide bonds. The van der Waals surface area contributed by atoms with Gasteiger partial charge in [-0.1, -0.05) is 0 Å². The Bertz CT molecular complexity index is 215. The van der Waals surface area contributed by atoms with Crippen LogP contribution in [0.25, 0.3) is 0 Å². The van der Waals surface area contributed by atoms with Crippen molar-refractivity contribution in [2.75, 3.05) is 5.75 Å². The Morgan fingerprint density at radius 3 is 2.00 bits per heavy atom. The van der Waals surface area contributed by atoms with Crippen molar-refractivity contribution < 1.29 is 79.0 Å². The van der Waals surface area contributed by atoms with Crippen LogP contribution in [0.5, 0.6) is 0 Å². The number of hydrogen-bond acceptors (Lipinski definition) is 2. The van der Waals surface area contributed by atoms with Crippen LogP contribution in [-0.2, 0) is 10.1 Å². The summed E-state index contributed by atoms with van der Waals surface area (Å²) in [4.78, 5) is 0. The summed E-state index contributed by atoms with van der Waals surface area (Å²) < 4.78 is 61.9. The molecule has 70 valence electrons. The molecule has 12 heavy (non-hydrogen) atoms. The Labute approximate surface area is 112 Å². The fraction of sp³-hybridized carbons (Fsp3) is 1.00. The summed E-state index contributed by atoms with van der Waals surface area (Å²) in [6.07, 6.45) is -6.14. The van der Waals surface area contributed by atoms with Gasteiger partial charge in [0.15, 0.2) is 0 Å². The van der Waals surface area contributed by atoms with Crippen molar-refractivity contribution in [3.8, 4) is 0 Å². The molecular formula is C4H8F3KO3S. The standard InChI is InChI=1S/C4H7F3O3S.K.H/c5-4(6,7)2-1-3-11(8,9)10;;/h1-3H2,(H,8,9,10);;/q;+1;-1. The Hall–Kier alpha value is 1.34. The third kappa shape index (κ3) is 13.9. The van der Waals surface area contributed by atoms with Crippen molar-refractivity contribution in [2.45, 2.75) is 19.0 Å². The van der Waals surface area contributed by atoms with Gasteiger partial charge in [-0.2, -0.15) is 21.6 Å². The molecule has 0 aromatic carbocycles. The fourth-order valence-electron chi connectivity index (χ4n) is 0.455. The fourth-order valence-corrected chi connectivity index (χ4v) is 0.964. The Morgan fingerprint density at radius 1 is 1.33 bits per heavy atom. The molecule has 0 aliphatic rings. The van der Waals surface area contributed by atoms with Crippen LogP contribution in [0.4, 0.5) is 13.2 Å². The van der Waals surface area contributed by atoms with Crippen LogP contribution in [0, 0.1) is 0 Å². The van der Waals surface area contributed by atoms with E-state index in [0.717, 1.165) is 0 Å². The largest absolute Gasteiger partial charge is 1.00 e. The second kappa shape index (κ2) is 5.94. The maximum absolute atomic E-state index is 11.4.